The monoisotopic (exact) mass is 237 g/mol. The van der Waals surface area contributed by atoms with Gasteiger partial charge in [-0.1, -0.05) is 13.3 Å². The molecule has 0 spiro atoms. The molecule has 4 nitrogen and oxygen atoms in total. The van der Waals surface area contributed by atoms with E-state index in [-0.39, 0.29) is 6.61 Å². The SMILES string of the molecule is CCCC(CCO)CNc1ccc(N)c(C)n1. The van der Waals surface area contributed by atoms with E-state index in [1.54, 1.807) is 0 Å². The molecule has 1 heterocycles. The molecule has 1 aromatic rings. The zero-order valence-electron chi connectivity index (χ0n) is 10.7. The van der Waals surface area contributed by atoms with Gasteiger partial charge in [-0.15, -0.1) is 0 Å². The molecule has 17 heavy (non-hydrogen) atoms. The van der Waals surface area contributed by atoms with Crippen LogP contribution in [0.4, 0.5) is 11.5 Å². The number of nitrogens with one attached hydrogen (secondary N) is 1. The van der Waals surface area contributed by atoms with E-state index in [9.17, 15) is 0 Å². The minimum atomic E-state index is 0.251. The van der Waals surface area contributed by atoms with Crippen molar-refractivity contribution >= 4 is 11.5 Å². The van der Waals surface area contributed by atoms with Crippen LogP contribution in [-0.4, -0.2) is 23.2 Å². The van der Waals surface area contributed by atoms with E-state index < -0.39 is 0 Å². The number of aromatic nitrogens is 1. The van der Waals surface area contributed by atoms with Crippen LogP contribution in [0.15, 0.2) is 12.1 Å². The van der Waals surface area contributed by atoms with E-state index in [2.05, 4.69) is 17.2 Å². The fourth-order valence-electron chi connectivity index (χ4n) is 1.86. The number of hydrogen-bond donors (Lipinski definition) is 3. The first kappa shape index (κ1) is 13.8. The summed E-state index contributed by atoms with van der Waals surface area (Å²) in [4.78, 5) is 4.37. The molecule has 0 aliphatic rings. The summed E-state index contributed by atoms with van der Waals surface area (Å²) in [6, 6.07) is 3.76. The van der Waals surface area contributed by atoms with Crippen LogP contribution < -0.4 is 11.1 Å². The van der Waals surface area contributed by atoms with Crippen molar-refractivity contribution in [3.05, 3.63) is 17.8 Å². The molecule has 0 aliphatic heterocycles. The molecule has 1 rings (SSSR count). The molecule has 0 saturated heterocycles. The first-order valence-electron chi connectivity index (χ1n) is 6.25. The van der Waals surface area contributed by atoms with Gasteiger partial charge in [-0.2, -0.15) is 0 Å². The second-order valence-corrected chi connectivity index (χ2v) is 4.42. The lowest BCUT2D eigenvalue weighted by Crippen LogP contribution is -2.16. The van der Waals surface area contributed by atoms with Crippen LogP contribution in [-0.2, 0) is 0 Å². The molecule has 0 saturated carbocycles. The highest BCUT2D eigenvalue weighted by Gasteiger charge is 2.07. The number of aliphatic hydroxyl groups is 1. The number of nitrogens with two attached hydrogens (primary N) is 1. The van der Waals surface area contributed by atoms with Gasteiger partial charge in [0.25, 0.3) is 0 Å². The molecular formula is C13H23N3O. The highest BCUT2D eigenvalue weighted by Crippen LogP contribution is 2.15. The molecule has 4 heteroatoms. The molecule has 1 atom stereocenters. The Morgan fingerprint density at radius 3 is 2.76 bits per heavy atom. The van der Waals surface area contributed by atoms with Gasteiger partial charge in [0.1, 0.15) is 5.82 Å². The molecule has 4 N–H and O–H groups in total. The molecule has 0 aliphatic carbocycles. The number of hydrogen-bond acceptors (Lipinski definition) is 4. The van der Waals surface area contributed by atoms with Crippen molar-refractivity contribution in [2.24, 2.45) is 5.92 Å². The maximum absolute atomic E-state index is 8.98. The maximum Gasteiger partial charge on any atom is 0.126 e. The van der Waals surface area contributed by atoms with Crippen molar-refractivity contribution in [2.45, 2.75) is 33.1 Å². The summed E-state index contributed by atoms with van der Waals surface area (Å²) in [5, 5.41) is 12.3. The predicted octanol–water partition coefficient (Wildman–Crippen LogP) is 2.18. The molecule has 0 amide bonds. The van der Waals surface area contributed by atoms with Crippen molar-refractivity contribution in [1.29, 1.82) is 0 Å². The van der Waals surface area contributed by atoms with Gasteiger partial charge >= 0.3 is 0 Å². The molecule has 0 bridgehead atoms. The van der Waals surface area contributed by atoms with Gasteiger partial charge < -0.3 is 16.2 Å². The van der Waals surface area contributed by atoms with Gasteiger partial charge in [0, 0.05) is 13.2 Å². The van der Waals surface area contributed by atoms with Crippen molar-refractivity contribution in [3.63, 3.8) is 0 Å². The predicted molar refractivity (Wildman–Crippen MR) is 72.0 cm³/mol. The summed E-state index contributed by atoms with van der Waals surface area (Å²) < 4.78 is 0. The highest BCUT2D eigenvalue weighted by molar-refractivity contribution is 5.48. The van der Waals surface area contributed by atoms with Gasteiger partial charge in [-0.25, -0.2) is 4.98 Å². The molecule has 96 valence electrons. The van der Waals surface area contributed by atoms with Crippen LogP contribution in [0.5, 0.6) is 0 Å². The quantitative estimate of drug-likeness (QED) is 0.679. The summed E-state index contributed by atoms with van der Waals surface area (Å²) in [6.07, 6.45) is 3.11. The van der Waals surface area contributed by atoms with Crippen LogP contribution >= 0.6 is 0 Å². The van der Waals surface area contributed by atoms with E-state index in [4.69, 9.17) is 10.8 Å². The van der Waals surface area contributed by atoms with Crippen molar-refractivity contribution in [1.82, 2.24) is 4.98 Å². The van der Waals surface area contributed by atoms with Crippen LogP contribution in [0.1, 0.15) is 31.9 Å². The summed E-state index contributed by atoms with van der Waals surface area (Å²) in [7, 11) is 0. The summed E-state index contributed by atoms with van der Waals surface area (Å²) >= 11 is 0. The Morgan fingerprint density at radius 1 is 1.41 bits per heavy atom. The maximum atomic E-state index is 8.98. The van der Waals surface area contributed by atoms with E-state index >= 15 is 0 Å². The van der Waals surface area contributed by atoms with Crippen LogP contribution in [0, 0.1) is 12.8 Å². The lowest BCUT2D eigenvalue weighted by atomic mass is 10.0. The zero-order chi connectivity index (χ0) is 12.7. The Hall–Kier alpha value is -1.29. The summed E-state index contributed by atoms with van der Waals surface area (Å²) in [5.74, 6) is 1.36. The Kier molecular flexibility index (Phi) is 5.77. The normalized spacial score (nSPS) is 12.4. The average molecular weight is 237 g/mol. The molecule has 0 radical (unpaired) electrons. The van der Waals surface area contributed by atoms with E-state index in [0.29, 0.717) is 5.92 Å². The van der Waals surface area contributed by atoms with Gasteiger partial charge in [-0.3, -0.25) is 0 Å². The zero-order valence-corrected chi connectivity index (χ0v) is 10.7. The Bertz CT molecular complexity index is 335. The average Bonchev–Trinajstić information content (AvgIpc) is 2.31. The fraction of sp³-hybridized carbons (Fsp3) is 0.615. The highest BCUT2D eigenvalue weighted by atomic mass is 16.3. The minimum absolute atomic E-state index is 0.251. The van der Waals surface area contributed by atoms with Gasteiger partial charge in [0.15, 0.2) is 0 Å². The van der Waals surface area contributed by atoms with E-state index in [1.807, 2.05) is 19.1 Å². The summed E-state index contributed by atoms with van der Waals surface area (Å²) in [5.41, 5.74) is 7.29. The standard InChI is InChI=1S/C13H23N3O/c1-3-4-11(7-8-17)9-15-13-6-5-12(14)10(2)16-13/h5-6,11,17H,3-4,7-9,14H2,1-2H3,(H,15,16). The summed E-state index contributed by atoms with van der Waals surface area (Å²) in [6.45, 7) is 5.17. The van der Waals surface area contributed by atoms with Crippen LogP contribution in [0.2, 0.25) is 0 Å². The third-order valence-electron chi connectivity index (χ3n) is 2.93. The lowest BCUT2D eigenvalue weighted by molar-refractivity contribution is 0.255. The van der Waals surface area contributed by atoms with Crippen molar-refractivity contribution in [2.75, 3.05) is 24.2 Å². The minimum Gasteiger partial charge on any atom is -0.397 e. The van der Waals surface area contributed by atoms with E-state index in [1.165, 1.54) is 0 Å². The Labute approximate surface area is 103 Å². The molecular weight excluding hydrogens is 214 g/mol. The topological polar surface area (TPSA) is 71.2 Å². The van der Waals surface area contributed by atoms with Crippen molar-refractivity contribution < 1.29 is 5.11 Å². The third-order valence-corrected chi connectivity index (χ3v) is 2.93. The van der Waals surface area contributed by atoms with E-state index in [0.717, 1.165) is 43.0 Å². The Balaban J connectivity index is 2.49. The smallest absolute Gasteiger partial charge is 0.126 e. The molecule has 1 unspecified atom stereocenters. The van der Waals surface area contributed by atoms with Crippen molar-refractivity contribution in [3.8, 4) is 0 Å². The van der Waals surface area contributed by atoms with Gasteiger partial charge in [0.05, 0.1) is 11.4 Å². The number of nitrogens with zero attached hydrogens (tertiary/aromatic N) is 1. The second kappa shape index (κ2) is 7.12. The molecule has 0 aromatic carbocycles. The first-order chi connectivity index (χ1) is 8.17. The number of aryl methyl sites for hydroxylation is 1. The first-order valence-corrected chi connectivity index (χ1v) is 6.25. The number of pyridine rings is 1. The number of rotatable bonds is 7. The largest absolute Gasteiger partial charge is 0.397 e. The number of anilines is 2. The Morgan fingerprint density at radius 2 is 2.18 bits per heavy atom. The molecule has 0 fully saturated rings. The third kappa shape index (κ3) is 4.61. The number of aliphatic hydroxyl groups excluding tert-OH is 1. The fourth-order valence-corrected chi connectivity index (χ4v) is 1.86. The van der Waals surface area contributed by atoms with Crippen LogP contribution in [0.25, 0.3) is 0 Å². The number of nitrogen functional groups attached to an aromatic ring is 1. The van der Waals surface area contributed by atoms with Crippen LogP contribution in [0.3, 0.4) is 0 Å². The van der Waals surface area contributed by atoms with Gasteiger partial charge in [0.2, 0.25) is 0 Å². The lowest BCUT2D eigenvalue weighted by Gasteiger charge is -2.16. The van der Waals surface area contributed by atoms with Gasteiger partial charge in [-0.05, 0) is 37.8 Å². The molecule has 1 aromatic heterocycles. The second-order valence-electron chi connectivity index (χ2n) is 4.42.